The number of pyridine rings is 1. The van der Waals surface area contributed by atoms with Crippen LogP contribution in [0.25, 0.3) is 0 Å². The lowest BCUT2D eigenvalue weighted by Gasteiger charge is -2.44. The molecule has 3 rings (SSSR count). The van der Waals surface area contributed by atoms with Crippen LogP contribution in [0.4, 0.5) is 0 Å². The summed E-state index contributed by atoms with van der Waals surface area (Å²) < 4.78 is 1.79. The molecule has 0 amide bonds. The average Bonchev–Trinajstić information content (AvgIpc) is 2.93. The zero-order valence-corrected chi connectivity index (χ0v) is 17.7. The van der Waals surface area contributed by atoms with Crippen LogP contribution in [0.1, 0.15) is 71.1 Å². The molecule has 2 fully saturated rings. The van der Waals surface area contributed by atoms with E-state index in [0.29, 0.717) is 5.41 Å². The van der Waals surface area contributed by atoms with E-state index in [1.54, 1.807) is 16.7 Å². The van der Waals surface area contributed by atoms with Crippen LogP contribution in [0.5, 0.6) is 0 Å². The maximum atomic E-state index is 11.8. The minimum absolute atomic E-state index is 0.0846. The van der Waals surface area contributed by atoms with E-state index in [4.69, 9.17) is 4.99 Å². The SMILES string of the molecule is CCNC(=NCCCCn1ccccc1=O)N1CCCC2(CCCCCC2)C1. The zero-order chi connectivity index (χ0) is 19.7. The Hall–Kier alpha value is -1.78. The molecule has 1 aromatic rings. The van der Waals surface area contributed by atoms with Crippen LogP contribution >= 0.6 is 0 Å². The van der Waals surface area contributed by atoms with Crippen molar-refractivity contribution in [3.63, 3.8) is 0 Å². The number of nitrogens with zero attached hydrogens (tertiary/aromatic N) is 3. The Labute approximate surface area is 170 Å². The van der Waals surface area contributed by atoms with Crippen molar-refractivity contribution >= 4 is 5.96 Å². The van der Waals surface area contributed by atoms with Gasteiger partial charge >= 0.3 is 0 Å². The standard InChI is InChI=1S/C23H38N4O/c1-2-24-22(25-16-8-10-18-26-17-9-5-12-21(26)28)27-19-11-15-23(20-27)13-6-3-4-7-14-23/h5,9,12,17H,2-4,6-8,10-11,13-16,18-20H2,1H3,(H,24,25). The lowest BCUT2D eigenvalue weighted by atomic mass is 9.74. The van der Waals surface area contributed by atoms with Gasteiger partial charge in [-0.3, -0.25) is 9.79 Å². The molecule has 2 aliphatic rings. The topological polar surface area (TPSA) is 49.6 Å². The van der Waals surface area contributed by atoms with Gasteiger partial charge in [0.15, 0.2) is 5.96 Å². The third-order valence-corrected chi connectivity index (χ3v) is 6.43. The first kappa shape index (κ1) is 20.9. The Morgan fingerprint density at radius 3 is 2.64 bits per heavy atom. The molecule has 0 atom stereocenters. The summed E-state index contributed by atoms with van der Waals surface area (Å²) in [7, 11) is 0. The Kier molecular flexibility index (Phi) is 7.99. The molecule has 28 heavy (non-hydrogen) atoms. The smallest absolute Gasteiger partial charge is 0.250 e. The van der Waals surface area contributed by atoms with E-state index >= 15 is 0 Å². The van der Waals surface area contributed by atoms with E-state index in [-0.39, 0.29) is 5.56 Å². The molecule has 156 valence electrons. The second-order valence-electron chi connectivity index (χ2n) is 8.61. The molecule has 0 radical (unpaired) electrons. The van der Waals surface area contributed by atoms with Crippen LogP contribution in [-0.2, 0) is 6.54 Å². The Bertz CT molecular complexity index is 673. The van der Waals surface area contributed by atoms with Crippen molar-refractivity contribution in [2.24, 2.45) is 10.4 Å². The van der Waals surface area contributed by atoms with Crippen molar-refractivity contribution in [1.82, 2.24) is 14.8 Å². The largest absolute Gasteiger partial charge is 0.357 e. The summed E-state index contributed by atoms with van der Waals surface area (Å²) in [5, 5.41) is 3.53. The fourth-order valence-electron chi connectivity index (χ4n) is 4.93. The van der Waals surface area contributed by atoms with E-state index in [9.17, 15) is 4.79 Å². The van der Waals surface area contributed by atoms with E-state index < -0.39 is 0 Å². The van der Waals surface area contributed by atoms with Crippen molar-refractivity contribution in [1.29, 1.82) is 0 Å². The van der Waals surface area contributed by atoms with Gasteiger partial charge in [-0.25, -0.2) is 0 Å². The quantitative estimate of drug-likeness (QED) is 0.456. The van der Waals surface area contributed by atoms with Gasteiger partial charge in [-0.2, -0.15) is 0 Å². The van der Waals surface area contributed by atoms with Gasteiger partial charge in [0.2, 0.25) is 5.56 Å². The number of aromatic nitrogens is 1. The fourth-order valence-corrected chi connectivity index (χ4v) is 4.93. The predicted molar refractivity (Wildman–Crippen MR) is 117 cm³/mol. The Morgan fingerprint density at radius 1 is 1.11 bits per heavy atom. The summed E-state index contributed by atoms with van der Waals surface area (Å²) in [6, 6.07) is 5.34. The minimum Gasteiger partial charge on any atom is -0.357 e. The normalized spacial score (nSPS) is 20.2. The number of likely N-dealkylation sites (tertiary alicyclic amines) is 1. The van der Waals surface area contributed by atoms with Crippen molar-refractivity contribution in [2.75, 3.05) is 26.2 Å². The summed E-state index contributed by atoms with van der Waals surface area (Å²) >= 11 is 0. The Balaban J connectivity index is 1.53. The molecule has 1 N–H and O–H groups in total. The first-order chi connectivity index (χ1) is 13.7. The average molecular weight is 387 g/mol. The summed E-state index contributed by atoms with van der Waals surface area (Å²) in [6.45, 7) is 6.99. The Morgan fingerprint density at radius 2 is 1.89 bits per heavy atom. The number of rotatable bonds is 6. The summed E-state index contributed by atoms with van der Waals surface area (Å²) in [6.07, 6.45) is 15.0. The number of piperidine rings is 1. The number of hydrogen-bond acceptors (Lipinski definition) is 2. The molecule has 1 aliphatic heterocycles. The fraction of sp³-hybridized carbons (Fsp3) is 0.739. The molecule has 1 spiro atoms. The van der Waals surface area contributed by atoms with Crippen LogP contribution in [-0.4, -0.2) is 41.6 Å². The zero-order valence-electron chi connectivity index (χ0n) is 17.7. The molecule has 2 heterocycles. The summed E-state index contributed by atoms with van der Waals surface area (Å²) in [5.41, 5.74) is 0.612. The number of guanidine groups is 1. The lowest BCUT2D eigenvalue weighted by molar-refractivity contribution is 0.115. The van der Waals surface area contributed by atoms with Gasteiger partial charge in [-0.05, 0) is 56.9 Å². The van der Waals surface area contributed by atoms with Gasteiger partial charge < -0.3 is 14.8 Å². The highest BCUT2D eigenvalue weighted by molar-refractivity contribution is 5.80. The molecule has 1 saturated heterocycles. The third kappa shape index (κ3) is 5.86. The van der Waals surface area contributed by atoms with Crippen molar-refractivity contribution in [3.05, 3.63) is 34.7 Å². The number of unbranched alkanes of at least 4 members (excludes halogenated alkanes) is 1. The van der Waals surface area contributed by atoms with Gasteiger partial charge in [0, 0.05) is 45.0 Å². The molecule has 0 aromatic carbocycles. The van der Waals surface area contributed by atoms with E-state index in [2.05, 4.69) is 17.1 Å². The molecule has 5 heteroatoms. The number of nitrogens with one attached hydrogen (secondary N) is 1. The number of aliphatic imine (C=N–C) groups is 1. The first-order valence-electron chi connectivity index (χ1n) is 11.4. The number of hydrogen-bond donors (Lipinski definition) is 1. The van der Waals surface area contributed by atoms with Crippen LogP contribution in [0.2, 0.25) is 0 Å². The molecule has 0 bridgehead atoms. The summed E-state index contributed by atoms with van der Waals surface area (Å²) in [5.74, 6) is 1.10. The molecule has 5 nitrogen and oxygen atoms in total. The van der Waals surface area contributed by atoms with Gasteiger partial charge in [-0.1, -0.05) is 31.7 Å². The second kappa shape index (κ2) is 10.7. The molecular weight excluding hydrogens is 348 g/mol. The molecular formula is C23H38N4O. The number of aryl methyl sites for hydroxylation is 1. The summed E-state index contributed by atoms with van der Waals surface area (Å²) in [4.78, 5) is 19.2. The molecule has 1 aliphatic carbocycles. The first-order valence-corrected chi connectivity index (χ1v) is 11.4. The van der Waals surface area contributed by atoms with Crippen LogP contribution in [0, 0.1) is 5.41 Å². The van der Waals surface area contributed by atoms with Crippen LogP contribution in [0.3, 0.4) is 0 Å². The van der Waals surface area contributed by atoms with Crippen LogP contribution < -0.4 is 10.9 Å². The van der Waals surface area contributed by atoms with Crippen molar-refractivity contribution in [3.8, 4) is 0 Å². The van der Waals surface area contributed by atoms with Gasteiger partial charge in [-0.15, -0.1) is 0 Å². The van der Waals surface area contributed by atoms with Gasteiger partial charge in [0.1, 0.15) is 0 Å². The van der Waals surface area contributed by atoms with Gasteiger partial charge in [0.05, 0.1) is 0 Å². The van der Waals surface area contributed by atoms with Crippen molar-refractivity contribution < 1.29 is 0 Å². The molecule has 1 saturated carbocycles. The monoisotopic (exact) mass is 386 g/mol. The minimum atomic E-state index is 0.0846. The molecule has 1 aromatic heterocycles. The van der Waals surface area contributed by atoms with Crippen molar-refractivity contribution in [2.45, 2.75) is 77.7 Å². The van der Waals surface area contributed by atoms with E-state index in [0.717, 1.165) is 45.0 Å². The maximum absolute atomic E-state index is 11.8. The molecule has 0 unspecified atom stereocenters. The highest BCUT2D eigenvalue weighted by atomic mass is 16.1. The second-order valence-corrected chi connectivity index (χ2v) is 8.61. The predicted octanol–water partition coefficient (Wildman–Crippen LogP) is 4.03. The lowest BCUT2D eigenvalue weighted by Crippen LogP contribution is -2.50. The maximum Gasteiger partial charge on any atom is 0.250 e. The van der Waals surface area contributed by atoms with Gasteiger partial charge in [0.25, 0.3) is 0 Å². The highest BCUT2D eigenvalue weighted by Gasteiger charge is 2.36. The third-order valence-electron chi connectivity index (χ3n) is 6.43. The van der Waals surface area contributed by atoms with E-state index in [1.807, 2.05) is 12.3 Å². The highest BCUT2D eigenvalue weighted by Crippen LogP contribution is 2.42. The van der Waals surface area contributed by atoms with Crippen LogP contribution in [0.15, 0.2) is 34.2 Å². The van der Waals surface area contributed by atoms with E-state index in [1.165, 1.54) is 57.9 Å².